The number of allylic oxidation sites excluding steroid dienone is 1. The molecule has 0 aliphatic carbocycles. The van der Waals surface area contributed by atoms with Crippen LogP contribution in [0.25, 0.3) is 6.08 Å². The summed E-state index contributed by atoms with van der Waals surface area (Å²) in [6.45, 7) is 11.8. The average molecular weight is 654 g/mol. The van der Waals surface area contributed by atoms with Gasteiger partial charge in [-0.15, -0.1) is 0 Å². The Hall–Kier alpha value is -3.97. The normalized spacial score (nSPS) is 30.1. The maximum Gasteiger partial charge on any atom is 0.303 e. The molecule has 248 valence electrons. The molecule has 2 saturated heterocycles. The standard InChI is InChI=1S/C33H43N5O7S/c1-6-20-32(44)37-24(33(20)13-45-33)12-21-14(2)18(7-9-25(39)40)22(35-21)11-23-19(8-10-26(41)42)15(3)29(36-23)28(34)30-27(17(5)46)16(4)31(43)38-30/h6,11,16-17,21,24,27,30,34-37,44,46H,1,7-10,12-13H2,2-5H3,(H,38,43)(H,39,40)(H,41,42)/b22-11-,34-28?/t16-,17?,21?,24-,27+,30?,33+/m1/s1. The SMILES string of the molecule is C=CC1=C(O)N[C@H](CC2N/C(=C\c3[nH]c(C(=N)C4NC(=O)[C@H](C)[C@H]4C(C)S)c(C)c3CCC(=O)O)C(CCC(=O)O)=C2C)[C@]12CO2. The molecule has 3 unspecified atom stereocenters. The Morgan fingerprint density at radius 2 is 1.83 bits per heavy atom. The first-order valence-corrected chi connectivity index (χ1v) is 16.1. The lowest BCUT2D eigenvalue weighted by atomic mass is 9.85. The summed E-state index contributed by atoms with van der Waals surface area (Å²) in [4.78, 5) is 39.2. The van der Waals surface area contributed by atoms with E-state index in [2.05, 4.69) is 40.1 Å². The van der Waals surface area contributed by atoms with Gasteiger partial charge in [-0.3, -0.25) is 14.4 Å². The van der Waals surface area contributed by atoms with Gasteiger partial charge in [-0.1, -0.05) is 26.5 Å². The number of H-pyrrole nitrogens is 1. The number of carboxylic acid groups (broad SMARTS) is 2. The van der Waals surface area contributed by atoms with Crippen LogP contribution in [0.2, 0.25) is 0 Å². The predicted molar refractivity (Wildman–Crippen MR) is 176 cm³/mol. The van der Waals surface area contributed by atoms with E-state index in [0.717, 1.165) is 22.3 Å². The van der Waals surface area contributed by atoms with Crippen LogP contribution in [0.15, 0.2) is 41.0 Å². The molecule has 1 spiro atoms. The molecule has 0 bridgehead atoms. The molecule has 1 aromatic rings. The van der Waals surface area contributed by atoms with Crippen molar-refractivity contribution in [2.45, 2.75) is 88.8 Å². The van der Waals surface area contributed by atoms with Crippen LogP contribution >= 0.6 is 12.6 Å². The minimum atomic E-state index is -0.954. The molecule has 2 fully saturated rings. The van der Waals surface area contributed by atoms with Gasteiger partial charge in [-0.05, 0) is 61.5 Å². The third-order valence-corrected chi connectivity index (χ3v) is 10.4. The number of nitrogens with one attached hydrogen (secondary N) is 5. The number of rotatable bonds is 13. The molecule has 5 rings (SSSR count). The lowest BCUT2D eigenvalue weighted by Crippen LogP contribution is -2.41. The first-order valence-electron chi connectivity index (χ1n) is 15.6. The van der Waals surface area contributed by atoms with E-state index < -0.39 is 23.6 Å². The third kappa shape index (κ3) is 5.97. The van der Waals surface area contributed by atoms with Gasteiger partial charge in [0.05, 0.1) is 30.1 Å². The summed E-state index contributed by atoms with van der Waals surface area (Å²) in [5.41, 5.74) is 5.27. The van der Waals surface area contributed by atoms with E-state index in [-0.39, 0.29) is 72.4 Å². The fourth-order valence-electron chi connectivity index (χ4n) is 7.38. The van der Waals surface area contributed by atoms with Crippen molar-refractivity contribution in [3.05, 3.63) is 63.5 Å². The highest BCUT2D eigenvalue weighted by atomic mass is 32.1. The topological polar surface area (TPSA) is 200 Å². The summed E-state index contributed by atoms with van der Waals surface area (Å²) in [6, 6.07) is -0.997. The lowest BCUT2D eigenvalue weighted by molar-refractivity contribution is -0.138. The Kier molecular flexibility index (Phi) is 9.20. The molecule has 0 saturated carbocycles. The number of epoxide rings is 1. The van der Waals surface area contributed by atoms with Crippen LogP contribution in [0.5, 0.6) is 0 Å². The number of aliphatic carboxylic acids is 2. The lowest BCUT2D eigenvalue weighted by Gasteiger charge is -2.24. The van der Waals surface area contributed by atoms with Crippen LogP contribution in [0.1, 0.15) is 69.0 Å². The van der Waals surface area contributed by atoms with Crippen LogP contribution in [-0.2, 0) is 25.5 Å². The molecular formula is C33H43N5O7S. The number of aliphatic hydroxyl groups is 1. The Balaban J connectivity index is 1.50. The number of aromatic nitrogens is 1. The summed E-state index contributed by atoms with van der Waals surface area (Å²) in [5.74, 6) is -2.50. The zero-order valence-electron chi connectivity index (χ0n) is 26.5. The van der Waals surface area contributed by atoms with Gasteiger partial charge in [0, 0.05) is 52.9 Å². The maximum absolute atomic E-state index is 12.6. The Labute approximate surface area is 273 Å². The van der Waals surface area contributed by atoms with Gasteiger partial charge >= 0.3 is 11.9 Å². The molecule has 5 heterocycles. The van der Waals surface area contributed by atoms with E-state index >= 15 is 0 Å². The molecule has 12 nitrogen and oxygen atoms in total. The van der Waals surface area contributed by atoms with Crippen molar-refractivity contribution in [2.24, 2.45) is 11.8 Å². The smallest absolute Gasteiger partial charge is 0.303 e. The van der Waals surface area contributed by atoms with E-state index in [1.165, 1.54) is 0 Å². The monoisotopic (exact) mass is 653 g/mol. The molecule has 0 aromatic carbocycles. The van der Waals surface area contributed by atoms with Gasteiger partial charge in [0.2, 0.25) is 5.91 Å². The molecule has 1 aromatic heterocycles. The van der Waals surface area contributed by atoms with Crippen molar-refractivity contribution in [1.29, 1.82) is 5.41 Å². The molecule has 0 radical (unpaired) electrons. The van der Waals surface area contributed by atoms with E-state index in [1.807, 2.05) is 33.8 Å². The second kappa shape index (κ2) is 12.7. The number of ether oxygens (including phenoxy) is 1. The summed E-state index contributed by atoms with van der Waals surface area (Å²) >= 11 is 4.61. The number of amides is 1. The van der Waals surface area contributed by atoms with Crippen LogP contribution in [0, 0.1) is 24.2 Å². The number of hydrogen-bond acceptors (Lipinski definition) is 9. The van der Waals surface area contributed by atoms with Gasteiger partial charge in [-0.25, -0.2) is 0 Å². The number of carbonyl (C=O) groups excluding carboxylic acids is 1. The van der Waals surface area contributed by atoms with Crippen LogP contribution < -0.4 is 16.0 Å². The quantitative estimate of drug-likeness (QED) is 0.0870. The molecule has 13 heteroatoms. The molecule has 1 amide bonds. The molecular weight excluding hydrogens is 610 g/mol. The van der Waals surface area contributed by atoms with Crippen LogP contribution in [0.3, 0.4) is 0 Å². The van der Waals surface area contributed by atoms with E-state index in [4.69, 9.17) is 10.1 Å². The predicted octanol–water partition coefficient (Wildman–Crippen LogP) is 3.36. The van der Waals surface area contributed by atoms with E-state index in [1.54, 1.807) is 6.08 Å². The van der Waals surface area contributed by atoms with E-state index in [0.29, 0.717) is 35.7 Å². The number of carboxylic acids is 2. The molecule has 46 heavy (non-hydrogen) atoms. The van der Waals surface area contributed by atoms with Crippen LogP contribution in [-0.4, -0.2) is 79.4 Å². The number of hydrogen-bond donors (Lipinski definition) is 9. The summed E-state index contributed by atoms with van der Waals surface area (Å²) in [5, 5.41) is 48.2. The molecule has 8 N–H and O–H groups in total. The van der Waals surface area contributed by atoms with Gasteiger partial charge in [-0.2, -0.15) is 12.6 Å². The molecule has 7 atom stereocenters. The van der Waals surface area contributed by atoms with Gasteiger partial charge in [0.1, 0.15) is 5.60 Å². The number of aliphatic hydroxyl groups excluding tert-OH is 1. The Morgan fingerprint density at radius 3 is 2.41 bits per heavy atom. The maximum atomic E-state index is 12.6. The van der Waals surface area contributed by atoms with Gasteiger partial charge in [0.25, 0.3) is 0 Å². The van der Waals surface area contributed by atoms with E-state index in [9.17, 15) is 29.7 Å². The highest BCUT2D eigenvalue weighted by Gasteiger charge is 2.59. The van der Waals surface area contributed by atoms with Crippen molar-refractivity contribution in [3.8, 4) is 0 Å². The minimum Gasteiger partial charge on any atom is -0.495 e. The minimum absolute atomic E-state index is 0.0429. The number of aromatic amines is 1. The average Bonchev–Trinajstić information content (AvgIpc) is 3.42. The van der Waals surface area contributed by atoms with Gasteiger partial charge in [0.15, 0.2) is 5.88 Å². The first kappa shape index (κ1) is 33.4. The van der Waals surface area contributed by atoms with Crippen molar-refractivity contribution in [1.82, 2.24) is 20.9 Å². The largest absolute Gasteiger partial charge is 0.495 e. The zero-order chi connectivity index (χ0) is 33.7. The fraction of sp³-hybridized carbons (Fsp3) is 0.515. The second-order valence-electron chi connectivity index (χ2n) is 12.8. The van der Waals surface area contributed by atoms with Crippen molar-refractivity contribution < 1.29 is 34.4 Å². The van der Waals surface area contributed by atoms with Crippen molar-refractivity contribution in [3.63, 3.8) is 0 Å². The Morgan fingerprint density at radius 1 is 1.17 bits per heavy atom. The van der Waals surface area contributed by atoms with Crippen LogP contribution in [0.4, 0.5) is 0 Å². The first-order chi connectivity index (χ1) is 21.7. The van der Waals surface area contributed by atoms with Gasteiger partial charge < -0.3 is 46.4 Å². The highest BCUT2D eigenvalue weighted by molar-refractivity contribution is 7.80. The Bertz CT molecular complexity index is 1580. The zero-order valence-corrected chi connectivity index (χ0v) is 27.4. The second-order valence-corrected chi connectivity index (χ2v) is 13.6. The summed E-state index contributed by atoms with van der Waals surface area (Å²) < 4.78 is 5.80. The van der Waals surface area contributed by atoms with Crippen molar-refractivity contribution in [2.75, 3.05) is 6.61 Å². The summed E-state index contributed by atoms with van der Waals surface area (Å²) in [6.07, 6.45) is 4.29. The third-order valence-electron chi connectivity index (χ3n) is 10.1. The molecule has 4 aliphatic rings. The molecule has 4 aliphatic heterocycles. The number of carbonyl (C=O) groups is 3. The number of thiol groups is 1. The summed E-state index contributed by atoms with van der Waals surface area (Å²) in [7, 11) is 0. The fourth-order valence-corrected chi connectivity index (χ4v) is 7.81. The highest BCUT2D eigenvalue weighted by Crippen LogP contribution is 2.46. The van der Waals surface area contributed by atoms with Crippen molar-refractivity contribution >= 4 is 42.3 Å².